The maximum absolute atomic E-state index is 12.0. The number of carboxylic acid groups (broad SMARTS) is 1. The first-order chi connectivity index (χ1) is 8.90. The van der Waals surface area contributed by atoms with E-state index >= 15 is 0 Å². The Hall–Kier alpha value is -2.12. The van der Waals surface area contributed by atoms with Crippen molar-refractivity contribution in [1.29, 1.82) is 0 Å². The third-order valence-corrected chi connectivity index (χ3v) is 2.56. The number of hydrogen-bond donors (Lipinski definition) is 2. The average Bonchev–Trinajstić information content (AvgIpc) is 2.73. The molecule has 2 N–H and O–H groups in total. The molecular formula is C11H19N5O3. The van der Waals surface area contributed by atoms with Crippen LogP contribution in [0.4, 0.5) is 4.79 Å². The van der Waals surface area contributed by atoms with Crippen LogP contribution in [0.15, 0.2) is 0 Å². The Morgan fingerprint density at radius 1 is 1.32 bits per heavy atom. The normalized spacial score (nSPS) is 10.3. The molecule has 2 amide bonds. The highest BCUT2D eigenvalue weighted by molar-refractivity contribution is 5.73. The number of aliphatic carboxylic acids is 1. The lowest BCUT2D eigenvalue weighted by atomic mass is 10.3. The van der Waals surface area contributed by atoms with Crippen LogP contribution in [-0.4, -0.2) is 62.7 Å². The summed E-state index contributed by atoms with van der Waals surface area (Å²) >= 11 is 0. The summed E-state index contributed by atoms with van der Waals surface area (Å²) in [4.78, 5) is 29.5. The highest BCUT2D eigenvalue weighted by Gasteiger charge is 2.16. The van der Waals surface area contributed by atoms with Gasteiger partial charge in [0.25, 0.3) is 0 Å². The molecule has 0 unspecified atom stereocenters. The van der Waals surface area contributed by atoms with Crippen LogP contribution in [0.5, 0.6) is 0 Å². The van der Waals surface area contributed by atoms with Crippen LogP contribution < -0.4 is 0 Å². The summed E-state index contributed by atoms with van der Waals surface area (Å²) in [5, 5.41) is 15.2. The lowest BCUT2D eigenvalue weighted by Crippen LogP contribution is -2.39. The van der Waals surface area contributed by atoms with Crippen LogP contribution in [0.1, 0.15) is 24.5 Å². The third-order valence-electron chi connectivity index (χ3n) is 2.56. The fourth-order valence-electron chi connectivity index (χ4n) is 1.59. The van der Waals surface area contributed by atoms with Crippen LogP contribution >= 0.6 is 0 Å². The first-order valence-electron chi connectivity index (χ1n) is 5.96. The number of nitrogens with zero attached hydrogens (tertiary/aromatic N) is 4. The first kappa shape index (κ1) is 14.9. The molecule has 0 aliphatic carbocycles. The van der Waals surface area contributed by atoms with Gasteiger partial charge < -0.3 is 14.9 Å². The van der Waals surface area contributed by atoms with Gasteiger partial charge in [0.2, 0.25) is 0 Å². The van der Waals surface area contributed by atoms with Crippen LogP contribution in [0.3, 0.4) is 0 Å². The molecule has 19 heavy (non-hydrogen) atoms. The number of carbonyl (C=O) groups excluding carboxylic acids is 1. The van der Waals surface area contributed by atoms with E-state index in [1.165, 1.54) is 9.80 Å². The van der Waals surface area contributed by atoms with Gasteiger partial charge in [0.05, 0.1) is 6.54 Å². The molecule has 0 fully saturated rings. The Labute approximate surface area is 111 Å². The van der Waals surface area contributed by atoms with Gasteiger partial charge in [0.1, 0.15) is 5.82 Å². The zero-order valence-corrected chi connectivity index (χ0v) is 11.4. The summed E-state index contributed by atoms with van der Waals surface area (Å²) in [6.45, 7) is 2.51. The molecule has 0 aliphatic heterocycles. The minimum Gasteiger partial charge on any atom is -0.481 e. The lowest BCUT2D eigenvalue weighted by molar-refractivity contribution is -0.137. The number of aromatic nitrogens is 3. The van der Waals surface area contributed by atoms with Crippen molar-refractivity contribution < 1.29 is 14.7 Å². The number of rotatable bonds is 6. The van der Waals surface area contributed by atoms with Gasteiger partial charge in [-0.15, -0.1) is 0 Å². The van der Waals surface area contributed by atoms with Crippen LogP contribution in [0.2, 0.25) is 0 Å². The number of urea groups is 1. The number of aryl methyl sites for hydroxylation is 1. The SMILES string of the molecule is Cc1nc(CN(C)C(=O)N(C)CCCC(=O)O)n[nH]1. The molecule has 0 saturated carbocycles. The van der Waals surface area contributed by atoms with Crippen molar-refractivity contribution in [3.63, 3.8) is 0 Å². The standard InChI is InChI=1S/C11H19N5O3/c1-8-12-9(14-13-8)7-16(3)11(19)15(2)6-4-5-10(17)18/h4-7H2,1-3H3,(H,17,18)(H,12,13,14). The van der Waals surface area contributed by atoms with Crippen molar-refractivity contribution in [2.45, 2.75) is 26.3 Å². The van der Waals surface area contributed by atoms with Crippen LogP contribution in [0.25, 0.3) is 0 Å². The van der Waals surface area contributed by atoms with Gasteiger partial charge in [-0.05, 0) is 13.3 Å². The van der Waals surface area contributed by atoms with Gasteiger partial charge in [-0.1, -0.05) is 0 Å². The summed E-state index contributed by atoms with van der Waals surface area (Å²) in [7, 11) is 3.30. The molecule has 106 valence electrons. The van der Waals surface area contributed by atoms with E-state index in [4.69, 9.17) is 5.11 Å². The maximum Gasteiger partial charge on any atom is 0.319 e. The topological polar surface area (TPSA) is 102 Å². The summed E-state index contributed by atoms with van der Waals surface area (Å²) < 4.78 is 0. The number of carboxylic acids is 1. The molecule has 0 bridgehead atoms. The molecule has 0 spiro atoms. The highest BCUT2D eigenvalue weighted by atomic mass is 16.4. The molecule has 8 heteroatoms. The Morgan fingerprint density at radius 3 is 2.53 bits per heavy atom. The van der Waals surface area contributed by atoms with E-state index in [9.17, 15) is 9.59 Å². The Bertz CT molecular complexity index is 445. The molecule has 0 saturated heterocycles. The van der Waals surface area contributed by atoms with Crippen molar-refractivity contribution in [3.8, 4) is 0 Å². The zero-order valence-electron chi connectivity index (χ0n) is 11.4. The molecule has 1 aromatic rings. The van der Waals surface area contributed by atoms with Crippen molar-refractivity contribution in [1.82, 2.24) is 25.0 Å². The zero-order chi connectivity index (χ0) is 14.4. The summed E-state index contributed by atoms with van der Waals surface area (Å²) in [5.41, 5.74) is 0. The van der Waals surface area contributed by atoms with Crippen molar-refractivity contribution in [3.05, 3.63) is 11.6 Å². The third kappa shape index (κ3) is 4.94. The van der Waals surface area contributed by atoms with Crippen molar-refractivity contribution in [2.24, 2.45) is 0 Å². The molecule has 0 atom stereocenters. The molecular weight excluding hydrogens is 250 g/mol. The predicted molar refractivity (Wildman–Crippen MR) is 67.5 cm³/mol. The van der Waals surface area contributed by atoms with E-state index in [1.54, 1.807) is 21.0 Å². The predicted octanol–water partition coefficient (Wildman–Crippen LogP) is 0.462. The van der Waals surface area contributed by atoms with E-state index in [0.717, 1.165) is 0 Å². The summed E-state index contributed by atoms with van der Waals surface area (Å²) in [6, 6.07) is -0.187. The number of amides is 2. The number of hydrogen-bond acceptors (Lipinski definition) is 4. The molecule has 8 nitrogen and oxygen atoms in total. The first-order valence-corrected chi connectivity index (χ1v) is 5.96. The second-order valence-corrected chi connectivity index (χ2v) is 4.39. The van der Waals surface area contributed by atoms with E-state index in [2.05, 4.69) is 15.2 Å². The van der Waals surface area contributed by atoms with E-state index in [0.29, 0.717) is 31.2 Å². The van der Waals surface area contributed by atoms with Gasteiger partial charge in [0.15, 0.2) is 5.82 Å². The molecule has 1 rings (SSSR count). The summed E-state index contributed by atoms with van der Waals surface area (Å²) in [6.07, 6.45) is 0.493. The minimum atomic E-state index is -0.856. The van der Waals surface area contributed by atoms with Gasteiger partial charge >= 0.3 is 12.0 Å². The van der Waals surface area contributed by atoms with E-state index in [-0.39, 0.29) is 12.5 Å². The Balaban J connectivity index is 2.40. The molecule has 1 aromatic heterocycles. The van der Waals surface area contributed by atoms with Crippen molar-refractivity contribution in [2.75, 3.05) is 20.6 Å². The quantitative estimate of drug-likeness (QED) is 0.781. The van der Waals surface area contributed by atoms with Crippen LogP contribution in [-0.2, 0) is 11.3 Å². The number of aromatic amines is 1. The van der Waals surface area contributed by atoms with Crippen molar-refractivity contribution >= 4 is 12.0 Å². The Morgan fingerprint density at radius 2 is 2.00 bits per heavy atom. The number of carbonyl (C=O) groups is 2. The fourth-order valence-corrected chi connectivity index (χ4v) is 1.59. The van der Waals surface area contributed by atoms with Crippen LogP contribution in [0, 0.1) is 6.92 Å². The second-order valence-electron chi connectivity index (χ2n) is 4.39. The second kappa shape index (κ2) is 6.72. The van der Waals surface area contributed by atoms with E-state index in [1.807, 2.05) is 0 Å². The molecule has 1 heterocycles. The molecule has 0 radical (unpaired) electrons. The van der Waals surface area contributed by atoms with Gasteiger partial charge in [0, 0.05) is 27.1 Å². The number of H-pyrrole nitrogens is 1. The van der Waals surface area contributed by atoms with E-state index < -0.39 is 5.97 Å². The summed E-state index contributed by atoms with van der Waals surface area (Å²) in [5.74, 6) is 0.392. The molecule has 0 aliphatic rings. The lowest BCUT2D eigenvalue weighted by Gasteiger charge is -2.23. The maximum atomic E-state index is 12.0. The van der Waals surface area contributed by atoms with Gasteiger partial charge in [-0.3, -0.25) is 9.89 Å². The monoisotopic (exact) mass is 269 g/mol. The fraction of sp³-hybridized carbons (Fsp3) is 0.636. The average molecular weight is 269 g/mol. The molecule has 0 aromatic carbocycles. The minimum absolute atomic E-state index is 0.0570. The van der Waals surface area contributed by atoms with Gasteiger partial charge in [-0.25, -0.2) is 9.78 Å². The smallest absolute Gasteiger partial charge is 0.319 e. The largest absolute Gasteiger partial charge is 0.481 e. The highest BCUT2D eigenvalue weighted by Crippen LogP contribution is 2.02. The number of nitrogens with one attached hydrogen (secondary N) is 1. The van der Waals surface area contributed by atoms with Gasteiger partial charge in [-0.2, -0.15) is 5.10 Å². The Kier molecular flexibility index (Phi) is 5.28.